The first-order valence-electron chi connectivity index (χ1n) is 4.88. The van der Waals surface area contributed by atoms with Crippen molar-refractivity contribution in [1.82, 2.24) is 5.32 Å². The van der Waals surface area contributed by atoms with E-state index in [9.17, 15) is 14.0 Å². The normalized spacial score (nSPS) is 10.0. The molecule has 1 aromatic carbocycles. The Bertz CT molecular complexity index is 437. The van der Waals surface area contributed by atoms with E-state index in [1.807, 2.05) is 0 Å². The maximum atomic E-state index is 13.2. The van der Waals surface area contributed by atoms with Crippen LogP contribution in [-0.4, -0.2) is 29.8 Å². The van der Waals surface area contributed by atoms with E-state index in [-0.39, 0.29) is 18.8 Å². The van der Waals surface area contributed by atoms with Gasteiger partial charge in [0.15, 0.2) is 0 Å². The number of carbonyl (C=O) groups excluding carboxylic acids is 1. The molecule has 0 unspecified atom stereocenters. The summed E-state index contributed by atoms with van der Waals surface area (Å²) in [6.45, 7) is 0.0557. The van der Waals surface area contributed by atoms with Crippen LogP contribution < -0.4 is 5.32 Å². The van der Waals surface area contributed by atoms with Crippen molar-refractivity contribution in [2.24, 2.45) is 0 Å². The van der Waals surface area contributed by atoms with Crippen molar-refractivity contribution in [2.45, 2.75) is 11.3 Å². The molecule has 0 aliphatic heterocycles. The molecule has 0 spiro atoms. The fourth-order valence-electron chi connectivity index (χ4n) is 1.19. The Morgan fingerprint density at radius 3 is 2.76 bits per heavy atom. The van der Waals surface area contributed by atoms with Gasteiger partial charge in [-0.3, -0.25) is 9.59 Å². The summed E-state index contributed by atoms with van der Waals surface area (Å²) in [5.41, 5.74) is 0.320. The summed E-state index contributed by atoms with van der Waals surface area (Å²) < 4.78 is 13.2. The number of halogens is 1. The summed E-state index contributed by atoms with van der Waals surface area (Å²) in [6, 6.07) is 4.03. The van der Waals surface area contributed by atoms with Gasteiger partial charge < -0.3 is 10.4 Å². The van der Waals surface area contributed by atoms with Gasteiger partial charge in [0, 0.05) is 17.0 Å². The number of rotatable bonds is 5. The minimum atomic E-state index is -0.978. The van der Waals surface area contributed by atoms with E-state index >= 15 is 0 Å². The van der Waals surface area contributed by atoms with Crippen LogP contribution in [0.3, 0.4) is 0 Å². The molecule has 6 heteroatoms. The van der Waals surface area contributed by atoms with Crippen molar-refractivity contribution in [3.8, 4) is 0 Å². The van der Waals surface area contributed by atoms with Gasteiger partial charge in [-0.1, -0.05) is 0 Å². The van der Waals surface area contributed by atoms with Crippen molar-refractivity contribution in [3.63, 3.8) is 0 Å². The lowest BCUT2D eigenvalue weighted by Gasteiger charge is -2.05. The summed E-state index contributed by atoms with van der Waals surface area (Å²) in [6.07, 6.45) is 1.58. The Morgan fingerprint density at radius 1 is 1.47 bits per heavy atom. The number of amides is 1. The number of carbonyl (C=O) groups is 2. The minimum Gasteiger partial charge on any atom is -0.481 e. The highest BCUT2D eigenvalue weighted by atomic mass is 32.2. The van der Waals surface area contributed by atoms with Crippen LogP contribution in [-0.2, 0) is 4.79 Å². The molecule has 0 heterocycles. The summed E-state index contributed by atoms with van der Waals surface area (Å²) in [4.78, 5) is 22.2. The van der Waals surface area contributed by atoms with Gasteiger partial charge in [0.1, 0.15) is 5.82 Å². The van der Waals surface area contributed by atoms with Gasteiger partial charge in [-0.15, -0.1) is 11.8 Å². The third kappa shape index (κ3) is 4.07. The zero-order valence-corrected chi connectivity index (χ0v) is 10.0. The molecule has 0 saturated carbocycles. The standard InChI is InChI=1S/C11H12FNO3S/c1-17-9-6-7(2-3-8(9)12)11(16)13-5-4-10(14)15/h2-3,6H,4-5H2,1H3,(H,13,16)(H,14,15). The lowest BCUT2D eigenvalue weighted by molar-refractivity contribution is -0.136. The quantitative estimate of drug-likeness (QED) is 0.789. The predicted octanol–water partition coefficient (Wildman–Crippen LogP) is 1.75. The maximum absolute atomic E-state index is 13.2. The largest absolute Gasteiger partial charge is 0.481 e. The lowest BCUT2D eigenvalue weighted by atomic mass is 10.2. The average molecular weight is 257 g/mol. The minimum absolute atomic E-state index is 0.0557. The maximum Gasteiger partial charge on any atom is 0.305 e. The summed E-state index contributed by atoms with van der Waals surface area (Å²) in [5, 5.41) is 10.9. The monoisotopic (exact) mass is 257 g/mol. The smallest absolute Gasteiger partial charge is 0.305 e. The SMILES string of the molecule is CSc1cc(C(=O)NCCC(=O)O)ccc1F. The first-order chi connectivity index (χ1) is 8.04. The topological polar surface area (TPSA) is 66.4 Å². The van der Waals surface area contributed by atoms with Crippen molar-refractivity contribution < 1.29 is 19.1 Å². The second-order valence-corrected chi connectivity index (χ2v) is 4.10. The molecule has 1 aromatic rings. The number of thioether (sulfide) groups is 1. The molecule has 2 N–H and O–H groups in total. The Balaban J connectivity index is 2.66. The van der Waals surface area contributed by atoms with E-state index in [1.165, 1.54) is 30.0 Å². The van der Waals surface area contributed by atoms with E-state index < -0.39 is 11.9 Å². The van der Waals surface area contributed by atoms with Crippen LogP contribution in [0.4, 0.5) is 4.39 Å². The van der Waals surface area contributed by atoms with Gasteiger partial charge >= 0.3 is 5.97 Å². The number of carboxylic acid groups (broad SMARTS) is 1. The third-order valence-electron chi connectivity index (χ3n) is 2.04. The molecule has 0 aliphatic rings. The van der Waals surface area contributed by atoms with Gasteiger partial charge in [0.05, 0.1) is 6.42 Å². The number of hydrogen-bond acceptors (Lipinski definition) is 3. The summed E-state index contributed by atoms with van der Waals surface area (Å²) in [7, 11) is 0. The Kier molecular flexibility index (Phi) is 4.96. The lowest BCUT2D eigenvalue weighted by Crippen LogP contribution is -2.26. The summed E-state index contributed by atoms with van der Waals surface area (Å²) >= 11 is 1.21. The first-order valence-corrected chi connectivity index (χ1v) is 6.10. The highest BCUT2D eigenvalue weighted by Gasteiger charge is 2.09. The molecular formula is C11H12FNO3S. The average Bonchev–Trinajstić information content (AvgIpc) is 2.29. The van der Waals surface area contributed by atoms with Crippen LogP contribution >= 0.6 is 11.8 Å². The van der Waals surface area contributed by atoms with Crippen LogP contribution in [0.5, 0.6) is 0 Å². The van der Waals surface area contributed by atoms with Gasteiger partial charge in [0.2, 0.25) is 0 Å². The number of aliphatic carboxylic acids is 1. The molecule has 0 bridgehead atoms. The zero-order valence-electron chi connectivity index (χ0n) is 9.20. The molecule has 4 nitrogen and oxygen atoms in total. The van der Waals surface area contributed by atoms with Crippen LogP contribution in [0, 0.1) is 5.82 Å². The van der Waals surface area contributed by atoms with Gasteiger partial charge in [-0.2, -0.15) is 0 Å². The Labute approximate surface area is 102 Å². The van der Waals surface area contributed by atoms with E-state index in [1.54, 1.807) is 6.26 Å². The Morgan fingerprint density at radius 2 is 2.18 bits per heavy atom. The fourth-order valence-corrected chi connectivity index (χ4v) is 1.69. The van der Waals surface area contributed by atoms with E-state index in [0.717, 1.165) is 0 Å². The Hall–Kier alpha value is -1.56. The van der Waals surface area contributed by atoms with Crippen LogP contribution in [0.2, 0.25) is 0 Å². The highest BCUT2D eigenvalue weighted by molar-refractivity contribution is 7.98. The molecular weight excluding hydrogens is 245 g/mol. The van der Waals surface area contributed by atoms with Gasteiger partial charge in [-0.25, -0.2) is 4.39 Å². The van der Waals surface area contributed by atoms with Gasteiger partial charge in [-0.05, 0) is 24.5 Å². The van der Waals surface area contributed by atoms with Crippen LogP contribution in [0.25, 0.3) is 0 Å². The molecule has 0 fully saturated rings. The molecule has 0 radical (unpaired) electrons. The molecule has 0 atom stereocenters. The third-order valence-corrected chi connectivity index (χ3v) is 2.79. The zero-order chi connectivity index (χ0) is 12.8. The molecule has 0 aromatic heterocycles. The first kappa shape index (κ1) is 13.5. The molecule has 1 rings (SSSR count). The predicted molar refractivity (Wildman–Crippen MR) is 62.8 cm³/mol. The van der Waals surface area contributed by atoms with Crippen LogP contribution in [0.1, 0.15) is 16.8 Å². The molecule has 0 saturated heterocycles. The molecule has 1 amide bonds. The van der Waals surface area contributed by atoms with Gasteiger partial charge in [0.25, 0.3) is 5.91 Å². The second-order valence-electron chi connectivity index (χ2n) is 3.25. The number of benzene rings is 1. The van der Waals surface area contributed by atoms with E-state index in [4.69, 9.17) is 5.11 Å². The van der Waals surface area contributed by atoms with Crippen molar-refractivity contribution in [2.75, 3.05) is 12.8 Å². The summed E-state index contributed by atoms with van der Waals surface area (Å²) in [5.74, 6) is -1.75. The number of hydrogen-bond donors (Lipinski definition) is 2. The number of carboxylic acids is 1. The number of nitrogens with one attached hydrogen (secondary N) is 1. The molecule has 17 heavy (non-hydrogen) atoms. The molecule has 0 aliphatic carbocycles. The highest BCUT2D eigenvalue weighted by Crippen LogP contribution is 2.20. The van der Waals surface area contributed by atoms with E-state index in [0.29, 0.717) is 10.5 Å². The van der Waals surface area contributed by atoms with Crippen molar-refractivity contribution >= 4 is 23.6 Å². The second kappa shape index (κ2) is 6.24. The molecule has 92 valence electrons. The van der Waals surface area contributed by atoms with Crippen molar-refractivity contribution in [3.05, 3.63) is 29.6 Å². The van der Waals surface area contributed by atoms with Crippen molar-refractivity contribution in [1.29, 1.82) is 0 Å². The van der Waals surface area contributed by atoms with Crippen LogP contribution in [0.15, 0.2) is 23.1 Å². The fraction of sp³-hybridized carbons (Fsp3) is 0.273. The van der Waals surface area contributed by atoms with E-state index in [2.05, 4.69) is 5.32 Å².